The van der Waals surface area contributed by atoms with Crippen molar-refractivity contribution in [3.05, 3.63) is 28.8 Å². The fourth-order valence-corrected chi connectivity index (χ4v) is 4.60. The first-order valence-electron chi connectivity index (χ1n) is 8.67. The molecule has 10 heteroatoms. The van der Waals surface area contributed by atoms with Crippen LogP contribution in [-0.4, -0.2) is 52.6 Å². The molecule has 1 aliphatic heterocycles. The van der Waals surface area contributed by atoms with Crippen LogP contribution in [0.1, 0.15) is 39.2 Å². The molecule has 0 amide bonds. The molecular formula is C16H22N4O5S. The highest BCUT2D eigenvalue weighted by atomic mass is 32.2. The van der Waals surface area contributed by atoms with Gasteiger partial charge in [0.15, 0.2) is 11.7 Å². The number of fused-ring (bicyclic) bond motifs is 1. The smallest absolute Gasteiger partial charge is 0.351 e. The second kappa shape index (κ2) is 7.20. The number of carbonyl (C=O) groups excluding carboxylic acids is 1. The van der Waals surface area contributed by atoms with Gasteiger partial charge in [-0.05, 0) is 38.3 Å². The fourth-order valence-electron chi connectivity index (χ4n) is 3.08. The highest BCUT2D eigenvalue weighted by Crippen LogP contribution is 2.21. The molecule has 0 saturated carbocycles. The zero-order valence-corrected chi connectivity index (χ0v) is 15.6. The normalized spacial score (nSPS) is 16.8. The largest absolute Gasteiger partial charge is 0.464 e. The zero-order chi connectivity index (χ0) is 18.9. The van der Waals surface area contributed by atoms with E-state index in [2.05, 4.69) is 5.10 Å². The lowest BCUT2D eigenvalue weighted by Gasteiger charge is -2.15. The third-order valence-electron chi connectivity index (χ3n) is 4.46. The molecule has 1 saturated heterocycles. The summed E-state index contributed by atoms with van der Waals surface area (Å²) in [5.74, 6) is -0.537. The topological polar surface area (TPSA) is 103 Å². The Bertz CT molecular complexity index is 972. The number of nitrogens with zero attached hydrogens (tertiary/aromatic N) is 4. The van der Waals surface area contributed by atoms with Crippen LogP contribution in [0.2, 0.25) is 0 Å². The van der Waals surface area contributed by atoms with E-state index in [9.17, 15) is 18.0 Å². The first-order chi connectivity index (χ1) is 12.4. The number of hydrogen-bond acceptors (Lipinski definition) is 6. The van der Waals surface area contributed by atoms with Gasteiger partial charge in [-0.15, -0.1) is 5.10 Å². The van der Waals surface area contributed by atoms with E-state index in [1.807, 2.05) is 0 Å². The van der Waals surface area contributed by atoms with Crippen molar-refractivity contribution in [1.82, 2.24) is 18.5 Å². The summed E-state index contributed by atoms with van der Waals surface area (Å²) in [6, 6.07) is 2.06. The lowest BCUT2D eigenvalue weighted by atomic mass is 10.2. The Labute approximate surface area is 151 Å². The maximum Gasteiger partial charge on any atom is 0.351 e. The molecule has 2 aromatic rings. The highest BCUT2D eigenvalue weighted by Gasteiger charge is 2.29. The summed E-state index contributed by atoms with van der Waals surface area (Å²) in [5.41, 5.74) is -0.295. The molecule has 3 heterocycles. The molecule has 2 aromatic heterocycles. The summed E-state index contributed by atoms with van der Waals surface area (Å²) in [4.78, 5) is 24.8. The van der Waals surface area contributed by atoms with Crippen LogP contribution in [0.5, 0.6) is 0 Å². The highest BCUT2D eigenvalue weighted by molar-refractivity contribution is 7.89. The molecule has 142 valence electrons. The molecule has 0 bridgehead atoms. The molecule has 26 heavy (non-hydrogen) atoms. The van der Waals surface area contributed by atoms with Crippen molar-refractivity contribution in [3.8, 4) is 0 Å². The molecular weight excluding hydrogens is 360 g/mol. The molecule has 1 fully saturated rings. The molecule has 0 radical (unpaired) electrons. The molecule has 0 N–H and O–H groups in total. The lowest BCUT2D eigenvalue weighted by molar-refractivity contribution is -0.147. The second-order valence-electron chi connectivity index (χ2n) is 6.11. The number of esters is 1. The number of carbonyl (C=O) groups is 1. The third kappa shape index (κ3) is 3.14. The fraction of sp³-hybridized carbons (Fsp3) is 0.562. The number of pyridine rings is 1. The Morgan fingerprint density at radius 2 is 1.96 bits per heavy atom. The Morgan fingerprint density at radius 1 is 1.27 bits per heavy atom. The van der Waals surface area contributed by atoms with Crippen LogP contribution in [0.15, 0.2) is 28.0 Å². The van der Waals surface area contributed by atoms with Gasteiger partial charge in [0, 0.05) is 19.3 Å². The van der Waals surface area contributed by atoms with Crippen LogP contribution in [0.25, 0.3) is 5.65 Å². The monoisotopic (exact) mass is 382 g/mol. The summed E-state index contributed by atoms with van der Waals surface area (Å²) in [6.07, 6.45) is 3.27. The predicted octanol–water partition coefficient (Wildman–Crippen LogP) is 0.795. The number of ether oxygens (including phenoxy) is 1. The summed E-state index contributed by atoms with van der Waals surface area (Å²) < 4.78 is 34.0. The second-order valence-corrected chi connectivity index (χ2v) is 8.05. The molecule has 9 nitrogen and oxygen atoms in total. The van der Waals surface area contributed by atoms with E-state index in [0.29, 0.717) is 19.5 Å². The Hall–Kier alpha value is -2.20. The van der Waals surface area contributed by atoms with Crippen LogP contribution < -0.4 is 5.69 Å². The quantitative estimate of drug-likeness (QED) is 0.685. The van der Waals surface area contributed by atoms with E-state index < -0.39 is 27.7 Å². The third-order valence-corrected chi connectivity index (χ3v) is 6.34. The minimum atomic E-state index is -3.64. The maximum absolute atomic E-state index is 12.7. The van der Waals surface area contributed by atoms with E-state index in [4.69, 9.17) is 4.74 Å². The summed E-state index contributed by atoms with van der Waals surface area (Å²) in [7, 11) is -3.64. The predicted molar refractivity (Wildman–Crippen MR) is 93.4 cm³/mol. The molecule has 0 aliphatic carbocycles. The van der Waals surface area contributed by atoms with E-state index in [1.54, 1.807) is 13.8 Å². The first kappa shape index (κ1) is 18.6. The zero-order valence-electron chi connectivity index (χ0n) is 14.8. The van der Waals surface area contributed by atoms with Gasteiger partial charge in [0.25, 0.3) is 0 Å². The van der Waals surface area contributed by atoms with Crippen molar-refractivity contribution in [2.45, 2.75) is 44.0 Å². The van der Waals surface area contributed by atoms with Gasteiger partial charge in [-0.25, -0.2) is 22.4 Å². The molecule has 3 rings (SSSR count). The Kier molecular flexibility index (Phi) is 5.15. The van der Waals surface area contributed by atoms with Crippen LogP contribution in [-0.2, 0) is 19.6 Å². The number of hydrogen-bond donors (Lipinski definition) is 0. The summed E-state index contributed by atoms with van der Waals surface area (Å²) >= 11 is 0. The lowest BCUT2D eigenvalue weighted by Crippen LogP contribution is -2.32. The van der Waals surface area contributed by atoms with Crippen molar-refractivity contribution in [3.63, 3.8) is 0 Å². The van der Waals surface area contributed by atoms with E-state index in [1.165, 1.54) is 22.6 Å². The van der Waals surface area contributed by atoms with Gasteiger partial charge in [0.2, 0.25) is 10.0 Å². The van der Waals surface area contributed by atoms with Crippen molar-refractivity contribution >= 4 is 21.6 Å². The van der Waals surface area contributed by atoms with Gasteiger partial charge in [-0.3, -0.25) is 0 Å². The van der Waals surface area contributed by atoms with Gasteiger partial charge >= 0.3 is 11.7 Å². The molecule has 1 aliphatic rings. The number of sulfonamides is 1. The van der Waals surface area contributed by atoms with Gasteiger partial charge in [0.1, 0.15) is 0 Å². The van der Waals surface area contributed by atoms with Gasteiger partial charge in [-0.1, -0.05) is 6.92 Å². The van der Waals surface area contributed by atoms with Crippen LogP contribution in [0.4, 0.5) is 0 Å². The van der Waals surface area contributed by atoms with Crippen molar-refractivity contribution in [2.24, 2.45) is 0 Å². The minimum Gasteiger partial charge on any atom is -0.464 e. The molecule has 0 spiro atoms. The van der Waals surface area contributed by atoms with Crippen LogP contribution in [0.3, 0.4) is 0 Å². The maximum atomic E-state index is 12.7. The van der Waals surface area contributed by atoms with Crippen LogP contribution >= 0.6 is 0 Å². The standard InChI is InChI=1S/C16H22N4O5S/c1-3-13(15(21)25-4-2)20-16(22)19-11-12(7-8-14(19)17-20)26(23,24)18-9-5-6-10-18/h7-8,11,13H,3-6,9-10H2,1-2H3. The Balaban J connectivity index is 2.05. The number of rotatable bonds is 6. The van der Waals surface area contributed by atoms with E-state index in [0.717, 1.165) is 21.9 Å². The first-order valence-corrected chi connectivity index (χ1v) is 10.1. The molecule has 1 atom stereocenters. The van der Waals surface area contributed by atoms with Gasteiger partial charge < -0.3 is 4.74 Å². The van der Waals surface area contributed by atoms with Crippen molar-refractivity contribution < 1.29 is 17.9 Å². The van der Waals surface area contributed by atoms with Gasteiger partial charge in [-0.2, -0.15) is 8.99 Å². The van der Waals surface area contributed by atoms with Crippen molar-refractivity contribution in [2.75, 3.05) is 19.7 Å². The van der Waals surface area contributed by atoms with Gasteiger partial charge in [0.05, 0.1) is 11.5 Å². The number of aromatic nitrogens is 3. The summed E-state index contributed by atoms with van der Waals surface area (Å²) in [5, 5.41) is 4.17. The average molecular weight is 382 g/mol. The van der Waals surface area contributed by atoms with E-state index in [-0.39, 0.29) is 17.1 Å². The van der Waals surface area contributed by atoms with Crippen molar-refractivity contribution in [1.29, 1.82) is 0 Å². The average Bonchev–Trinajstić information content (AvgIpc) is 3.25. The molecule has 0 aromatic carbocycles. The SMILES string of the molecule is CCOC(=O)C(CC)n1nc2ccc(S(=O)(=O)N3CCCC3)cn2c1=O. The summed E-state index contributed by atoms with van der Waals surface area (Å²) in [6.45, 7) is 4.61. The van der Waals surface area contributed by atoms with Crippen LogP contribution in [0, 0.1) is 0 Å². The van der Waals surface area contributed by atoms with E-state index >= 15 is 0 Å². The Morgan fingerprint density at radius 3 is 2.58 bits per heavy atom. The molecule has 1 unspecified atom stereocenters. The minimum absolute atomic E-state index is 0.0396.